The summed E-state index contributed by atoms with van der Waals surface area (Å²) in [6.45, 7) is 9.66. The molecule has 1 aromatic carbocycles. The predicted molar refractivity (Wildman–Crippen MR) is 112 cm³/mol. The lowest BCUT2D eigenvalue weighted by Gasteiger charge is -2.18. The van der Waals surface area contributed by atoms with Crippen molar-refractivity contribution < 1.29 is 9.84 Å². The summed E-state index contributed by atoms with van der Waals surface area (Å²) in [4.78, 5) is 4.76. The van der Waals surface area contributed by atoms with Crippen LogP contribution in [-0.2, 0) is 6.54 Å². The van der Waals surface area contributed by atoms with Crippen molar-refractivity contribution >= 4 is 5.96 Å². The second kappa shape index (κ2) is 11.9. The third-order valence-corrected chi connectivity index (χ3v) is 4.94. The van der Waals surface area contributed by atoms with Gasteiger partial charge in [0.15, 0.2) is 5.96 Å². The Labute approximate surface area is 164 Å². The molecule has 1 saturated carbocycles. The van der Waals surface area contributed by atoms with E-state index in [9.17, 15) is 5.11 Å². The molecule has 5 nitrogen and oxygen atoms in total. The molecule has 3 N–H and O–H groups in total. The molecule has 0 bridgehead atoms. The van der Waals surface area contributed by atoms with Gasteiger partial charge in [-0.1, -0.05) is 25.5 Å². The van der Waals surface area contributed by atoms with Crippen LogP contribution in [0.3, 0.4) is 0 Å². The molecule has 0 aliphatic heterocycles. The molecule has 1 unspecified atom stereocenters. The van der Waals surface area contributed by atoms with Crippen LogP contribution in [0.15, 0.2) is 23.2 Å². The quantitative estimate of drug-likeness (QED) is 0.385. The average molecular weight is 376 g/mol. The fourth-order valence-electron chi connectivity index (χ4n) is 3.11. The van der Waals surface area contributed by atoms with Gasteiger partial charge in [-0.25, -0.2) is 4.99 Å². The summed E-state index contributed by atoms with van der Waals surface area (Å²) in [6.07, 6.45) is 5.66. The molecule has 0 radical (unpaired) electrons. The summed E-state index contributed by atoms with van der Waals surface area (Å²) < 4.78 is 6.06. The van der Waals surface area contributed by atoms with Crippen molar-refractivity contribution in [2.24, 2.45) is 16.8 Å². The number of nitrogens with zero attached hydrogens (tertiary/aromatic N) is 1. The lowest BCUT2D eigenvalue weighted by Crippen LogP contribution is -2.40. The van der Waals surface area contributed by atoms with Crippen molar-refractivity contribution in [2.75, 3.05) is 26.3 Å². The van der Waals surface area contributed by atoms with Gasteiger partial charge in [-0.2, -0.15) is 0 Å². The normalized spacial score (nSPS) is 15.5. The minimum Gasteiger partial charge on any atom is -0.493 e. The summed E-state index contributed by atoms with van der Waals surface area (Å²) in [6, 6.07) is 6.36. The Hall–Kier alpha value is -1.75. The second-order valence-electron chi connectivity index (χ2n) is 7.61. The molecule has 0 saturated heterocycles. The van der Waals surface area contributed by atoms with Gasteiger partial charge in [-0.15, -0.1) is 0 Å². The molecule has 0 aromatic heterocycles. The van der Waals surface area contributed by atoms with Crippen molar-refractivity contribution in [3.63, 3.8) is 0 Å². The molecule has 27 heavy (non-hydrogen) atoms. The minimum atomic E-state index is 0.241. The van der Waals surface area contributed by atoms with Crippen molar-refractivity contribution in [3.8, 4) is 5.75 Å². The lowest BCUT2D eigenvalue weighted by molar-refractivity contribution is 0.251. The topological polar surface area (TPSA) is 65.9 Å². The van der Waals surface area contributed by atoms with Gasteiger partial charge < -0.3 is 20.5 Å². The molecule has 2 rings (SSSR count). The van der Waals surface area contributed by atoms with Gasteiger partial charge in [-0.05, 0) is 63.0 Å². The van der Waals surface area contributed by atoms with Crippen LogP contribution in [0.25, 0.3) is 0 Å². The Bertz CT molecular complexity index is 579. The third kappa shape index (κ3) is 8.21. The van der Waals surface area contributed by atoms with Gasteiger partial charge in [0.05, 0.1) is 13.2 Å². The fraction of sp³-hybridized carbons (Fsp3) is 0.682. The number of ether oxygens (including phenoxy) is 1. The van der Waals surface area contributed by atoms with Gasteiger partial charge in [0.2, 0.25) is 0 Å². The van der Waals surface area contributed by atoms with Gasteiger partial charge in [0, 0.05) is 25.3 Å². The number of aliphatic hydroxyl groups is 1. The standard InChI is InChI=1S/C22H37N3O2/c1-4-6-18(11-12-26)14-24-22(23-5-2)25-15-20-10-7-17(3)13-21(20)27-16-19-8-9-19/h7,10,13,18-19,26H,4-6,8-9,11-12,14-16H2,1-3H3,(H2,23,24,25). The van der Waals surface area contributed by atoms with Crippen molar-refractivity contribution in [3.05, 3.63) is 29.3 Å². The van der Waals surface area contributed by atoms with Crippen LogP contribution in [0.1, 0.15) is 57.1 Å². The molecule has 152 valence electrons. The number of aliphatic hydroxyl groups excluding tert-OH is 1. The Morgan fingerprint density at radius 1 is 1.26 bits per heavy atom. The highest BCUT2D eigenvalue weighted by Crippen LogP contribution is 2.30. The van der Waals surface area contributed by atoms with Gasteiger partial charge in [-0.3, -0.25) is 0 Å². The molecule has 1 aliphatic rings. The molecular formula is C22H37N3O2. The maximum Gasteiger partial charge on any atom is 0.191 e. The predicted octanol–water partition coefficient (Wildman–Crippen LogP) is 3.64. The van der Waals surface area contributed by atoms with Crippen LogP contribution < -0.4 is 15.4 Å². The van der Waals surface area contributed by atoms with Crippen LogP contribution in [0, 0.1) is 18.8 Å². The van der Waals surface area contributed by atoms with E-state index in [2.05, 4.69) is 49.6 Å². The van der Waals surface area contributed by atoms with E-state index in [-0.39, 0.29) is 6.61 Å². The largest absolute Gasteiger partial charge is 0.493 e. The minimum absolute atomic E-state index is 0.241. The second-order valence-corrected chi connectivity index (χ2v) is 7.61. The average Bonchev–Trinajstić information content (AvgIpc) is 3.48. The van der Waals surface area contributed by atoms with E-state index in [0.29, 0.717) is 12.5 Å². The van der Waals surface area contributed by atoms with E-state index < -0.39 is 0 Å². The molecule has 1 aliphatic carbocycles. The van der Waals surface area contributed by atoms with Crippen LogP contribution in [-0.4, -0.2) is 37.4 Å². The maximum absolute atomic E-state index is 9.24. The molecule has 0 heterocycles. The summed E-state index contributed by atoms with van der Waals surface area (Å²) in [5.74, 6) is 3.00. The van der Waals surface area contributed by atoms with E-state index >= 15 is 0 Å². The highest BCUT2D eigenvalue weighted by molar-refractivity contribution is 5.79. The van der Waals surface area contributed by atoms with Crippen molar-refractivity contribution in [1.29, 1.82) is 0 Å². The highest BCUT2D eigenvalue weighted by Gasteiger charge is 2.22. The highest BCUT2D eigenvalue weighted by atomic mass is 16.5. The third-order valence-electron chi connectivity index (χ3n) is 4.94. The smallest absolute Gasteiger partial charge is 0.191 e. The van der Waals surface area contributed by atoms with Gasteiger partial charge in [0.25, 0.3) is 0 Å². The zero-order chi connectivity index (χ0) is 19.5. The number of rotatable bonds is 12. The molecular weight excluding hydrogens is 338 g/mol. The number of nitrogens with one attached hydrogen (secondary N) is 2. The first-order valence-electron chi connectivity index (χ1n) is 10.5. The SMILES string of the molecule is CCCC(CCO)CNC(=NCc1ccc(C)cc1OCC1CC1)NCC. The molecule has 1 aromatic rings. The Kier molecular flexibility index (Phi) is 9.46. The van der Waals surface area contributed by atoms with Gasteiger partial charge in [0.1, 0.15) is 5.75 Å². The number of guanidine groups is 1. The zero-order valence-electron chi connectivity index (χ0n) is 17.3. The first-order valence-corrected chi connectivity index (χ1v) is 10.5. The van der Waals surface area contributed by atoms with Crippen LogP contribution in [0.2, 0.25) is 0 Å². The summed E-state index contributed by atoms with van der Waals surface area (Å²) >= 11 is 0. The number of benzene rings is 1. The first-order chi connectivity index (χ1) is 13.2. The van der Waals surface area contributed by atoms with Crippen LogP contribution >= 0.6 is 0 Å². The van der Waals surface area contributed by atoms with Gasteiger partial charge >= 0.3 is 0 Å². The van der Waals surface area contributed by atoms with E-state index in [4.69, 9.17) is 9.73 Å². The molecule has 0 amide bonds. The maximum atomic E-state index is 9.24. The summed E-state index contributed by atoms with van der Waals surface area (Å²) in [5, 5.41) is 16.0. The summed E-state index contributed by atoms with van der Waals surface area (Å²) in [5.41, 5.74) is 2.34. The Morgan fingerprint density at radius 3 is 2.74 bits per heavy atom. The summed E-state index contributed by atoms with van der Waals surface area (Å²) in [7, 11) is 0. The molecule has 5 heteroatoms. The molecule has 0 spiro atoms. The number of aliphatic imine (C=N–C) groups is 1. The van der Waals surface area contributed by atoms with E-state index in [1.165, 1.54) is 18.4 Å². The lowest BCUT2D eigenvalue weighted by atomic mass is 10.0. The van der Waals surface area contributed by atoms with E-state index in [1.807, 2.05) is 0 Å². The monoisotopic (exact) mass is 375 g/mol. The van der Waals surface area contributed by atoms with Crippen LogP contribution in [0.5, 0.6) is 5.75 Å². The number of hydrogen-bond acceptors (Lipinski definition) is 3. The molecule has 1 fully saturated rings. The Morgan fingerprint density at radius 2 is 2.07 bits per heavy atom. The first kappa shape index (κ1) is 21.5. The molecule has 1 atom stereocenters. The number of hydrogen-bond donors (Lipinski definition) is 3. The van der Waals surface area contributed by atoms with Crippen molar-refractivity contribution in [1.82, 2.24) is 10.6 Å². The zero-order valence-corrected chi connectivity index (χ0v) is 17.3. The van der Waals surface area contributed by atoms with E-state index in [1.54, 1.807) is 0 Å². The Balaban J connectivity index is 1.97. The van der Waals surface area contributed by atoms with Crippen molar-refractivity contribution in [2.45, 2.75) is 59.4 Å². The van der Waals surface area contributed by atoms with E-state index in [0.717, 1.165) is 62.1 Å². The van der Waals surface area contributed by atoms with Crippen LogP contribution in [0.4, 0.5) is 0 Å². The number of aryl methyl sites for hydroxylation is 1. The fourth-order valence-corrected chi connectivity index (χ4v) is 3.11.